The first-order valence-corrected chi connectivity index (χ1v) is 7.94. The number of aromatic nitrogens is 1. The van der Waals surface area contributed by atoms with Crippen LogP contribution in [0.3, 0.4) is 0 Å². The van der Waals surface area contributed by atoms with Crippen LogP contribution in [0.2, 0.25) is 5.02 Å². The third-order valence-corrected chi connectivity index (χ3v) is 4.01. The van der Waals surface area contributed by atoms with E-state index in [0.29, 0.717) is 5.82 Å². The lowest BCUT2D eigenvalue weighted by molar-refractivity contribution is 0.1000. The van der Waals surface area contributed by atoms with Crippen molar-refractivity contribution in [1.82, 2.24) is 4.98 Å². The summed E-state index contributed by atoms with van der Waals surface area (Å²) in [7, 11) is 0. The van der Waals surface area contributed by atoms with Gasteiger partial charge < -0.3 is 11.1 Å². The molecule has 1 amide bonds. The van der Waals surface area contributed by atoms with Gasteiger partial charge in [0.2, 0.25) is 5.91 Å². The zero-order valence-corrected chi connectivity index (χ0v) is 13.9. The van der Waals surface area contributed by atoms with Crippen molar-refractivity contribution >= 4 is 23.3 Å². The number of pyridine rings is 1. The Hall–Kier alpha value is -2.92. The molecular formula is C19H15ClFN3O. The Balaban J connectivity index is 2.00. The Morgan fingerprint density at radius 3 is 2.44 bits per heavy atom. The second-order valence-electron chi connectivity index (χ2n) is 5.46. The number of nitrogens with one attached hydrogen (secondary N) is 1. The molecule has 0 fully saturated rings. The number of halogens is 2. The van der Waals surface area contributed by atoms with Crippen molar-refractivity contribution in [2.75, 3.05) is 5.32 Å². The van der Waals surface area contributed by atoms with Gasteiger partial charge in [0.15, 0.2) is 0 Å². The van der Waals surface area contributed by atoms with Gasteiger partial charge in [0.25, 0.3) is 0 Å². The van der Waals surface area contributed by atoms with Gasteiger partial charge >= 0.3 is 0 Å². The molecule has 0 saturated heterocycles. The highest BCUT2D eigenvalue weighted by molar-refractivity contribution is 6.33. The summed E-state index contributed by atoms with van der Waals surface area (Å²) in [6.07, 6.45) is 1.35. The maximum Gasteiger partial charge on any atom is 0.250 e. The minimum Gasteiger partial charge on any atom is -0.366 e. The molecule has 3 aromatic rings. The van der Waals surface area contributed by atoms with Crippen LogP contribution in [0.15, 0.2) is 66.9 Å². The third kappa shape index (κ3) is 3.95. The Bertz CT molecular complexity index is 902. The van der Waals surface area contributed by atoms with E-state index in [1.54, 1.807) is 6.07 Å². The van der Waals surface area contributed by atoms with Crippen molar-refractivity contribution in [3.63, 3.8) is 0 Å². The predicted molar refractivity (Wildman–Crippen MR) is 96.1 cm³/mol. The number of anilines is 1. The van der Waals surface area contributed by atoms with E-state index < -0.39 is 5.91 Å². The Morgan fingerprint density at radius 2 is 1.80 bits per heavy atom. The summed E-state index contributed by atoms with van der Waals surface area (Å²) in [5, 5.41) is 3.47. The quantitative estimate of drug-likeness (QED) is 0.721. The molecule has 25 heavy (non-hydrogen) atoms. The molecule has 1 atom stereocenters. The van der Waals surface area contributed by atoms with Gasteiger partial charge in [-0.2, -0.15) is 0 Å². The van der Waals surface area contributed by atoms with Gasteiger partial charge in [-0.1, -0.05) is 54.1 Å². The Kier molecular flexibility index (Phi) is 4.95. The number of nitrogens with two attached hydrogens (primary N) is 1. The van der Waals surface area contributed by atoms with E-state index in [4.69, 9.17) is 17.3 Å². The highest BCUT2D eigenvalue weighted by Crippen LogP contribution is 2.29. The first-order chi connectivity index (χ1) is 12.0. The molecule has 0 spiro atoms. The molecular weight excluding hydrogens is 341 g/mol. The molecule has 0 aliphatic carbocycles. The minimum atomic E-state index is -0.606. The molecule has 0 radical (unpaired) electrons. The van der Waals surface area contributed by atoms with E-state index >= 15 is 0 Å². The fourth-order valence-electron chi connectivity index (χ4n) is 2.51. The first-order valence-electron chi connectivity index (χ1n) is 7.57. The van der Waals surface area contributed by atoms with Crippen molar-refractivity contribution in [2.45, 2.75) is 6.04 Å². The van der Waals surface area contributed by atoms with E-state index in [-0.39, 0.29) is 22.4 Å². The van der Waals surface area contributed by atoms with Crippen molar-refractivity contribution in [3.8, 4) is 0 Å². The average Bonchev–Trinajstić information content (AvgIpc) is 2.61. The highest BCUT2D eigenvalue weighted by atomic mass is 35.5. The van der Waals surface area contributed by atoms with Crippen LogP contribution in [0.1, 0.15) is 27.5 Å². The molecule has 3 N–H and O–H groups in total. The van der Waals surface area contributed by atoms with Gasteiger partial charge in [-0.15, -0.1) is 0 Å². The lowest BCUT2D eigenvalue weighted by Gasteiger charge is -2.21. The minimum absolute atomic E-state index is 0.220. The zero-order chi connectivity index (χ0) is 17.8. The standard InChI is InChI=1S/C19H15ClFN3O/c20-16-10-14(18(22)25)11-23-19(16)24-17(12-5-2-1-3-6-12)13-7-4-8-15(21)9-13/h1-11,17H,(H2,22,25)(H,23,24). The van der Waals surface area contributed by atoms with Crippen LogP contribution in [0.5, 0.6) is 0 Å². The number of primary amides is 1. The number of benzene rings is 2. The van der Waals surface area contributed by atoms with E-state index in [0.717, 1.165) is 11.1 Å². The zero-order valence-electron chi connectivity index (χ0n) is 13.1. The lowest BCUT2D eigenvalue weighted by atomic mass is 9.98. The summed E-state index contributed by atoms with van der Waals surface area (Å²) in [5.41, 5.74) is 7.10. The van der Waals surface area contributed by atoms with Crippen molar-refractivity contribution in [2.24, 2.45) is 5.73 Å². The number of carbonyl (C=O) groups excluding carboxylic acids is 1. The molecule has 0 aliphatic heterocycles. The van der Waals surface area contributed by atoms with Gasteiger partial charge in [-0.3, -0.25) is 4.79 Å². The Labute approximate surface area is 149 Å². The summed E-state index contributed by atoms with van der Waals surface area (Å²) in [5.74, 6) is -0.557. The molecule has 1 unspecified atom stereocenters. The summed E-state index contributed by atoms with van der Waals surface area (Å²) >= 11 is 6.22. The highest BCUT2D eigenvalue weighted by Gasteiger charge is 2.17. The summed E-state index contributed by atoms with van der Waals surface area (Å²) in [4.78, 5) is 15.4. The van der Waals surface area contributed by atoms with Gasteiger partial charge in [0.05, 0.1) is 16.6 Å². The van der Waals surface area contributed by atoms with Gasteiger partial charge in [0, 0.05) is 6.20 Å². The fourth-order valence-corrected chi connectivity index (χ4v) is 2.73. The number of rotatable bonds is 5. The van der Waals surface area contributed by atoms with Gasteiger partial charge in [-0.25, -0.2) is 9.37 Å². The smallest absolute Gasteiger partial charge is 0.250 e. The second-order valence-corrected chi connectivity index (χ2v) is 5.87. The number of carbonyl (C=O) groups is 1. The van der Waals surface area contributed by atoms with E-state index in [9.17, 15) is 9.18 Å². The maximum atomic E-state index is 13.7. The van der Waals surface area contributed by atoms with Crippen LogP contribution in [0.4, 0.5) is 10.2 Å². The molecule has 3 rings (SSSR count). The maximum absolute atomic E-state index is 13.7. The van der Waals surface area contributed by atoms with Crippen LogP contribution in [-0.4, -0.2) is 10.9 Å². The number of nitrogens with zero attached hydrogens (tertiary/aromatic N) is 1. The van der Waals surface area contributed by atoms with Crippen molar-refractivity contribution in [1.29, 1.82) is 0 Å². The number of hydrogen-bond acceptors (Lipinski definition) is 3. The normalized spacial score (nSPS) is 11.8. The predicted octanol–water partition coefficient (Wildman–Crippen LogP) is 4.17. The second kappa shape index (κ2) is 7.32. The first kappa shape index (κ1) is 16.9. The SMILES string of the molecule is NC(=O)c1cnc(NC(c2ccccc2)c2cccc(F)c2)c(Cl)c1. The number of amides is 1. The van der Waals surface area contributed by atoms with Crippen LogP contribution >= 0.6 is 11.6 Å². The number of hydrogen-bond donors (Lipinski definition) is 2. The molecule has 126 valence electrons. The van der Waals surface area contributed by atoms with Crippen molar-refractivity contribution < 1.29 is 9.18 Å². The van der Waals surface area contributed by atoms with Crippen LogP contribution in [0.25, 0.3) is 0 Å². The summed E-state index contributed by atoms with van der Waals surface area (Å²) < 4.78 is 13.7. The van der Waals surface area contributed by atoms with Crippen LogP contribution in [0, 0.1) is 5.82 Å². The van der Waals surface area contributed by atoms with Gasteiger partial charge in [-0.05, 0) is 29.3 Å². The van der Waals surface area contributed by atoms with E-state index in [1.807, 2.05) is 36.4 Å². The lowest BCUT2D eigenvalue weighted by Crippen LogP contribution is -2.15. The molecule has 2 aromatic carbocycles. The molecule has 1 aromatic heterocycles. The third-order valence-electron chi connectivity index (χ3n) is 3.72. The molecule has 1 heterocycles. The van der Waals surface area contributed by atoms with Crippen LogP contribution < -0.4 is 11.1 Å². The Morgan fingerprint density at radius 1 is 1.08 bits per heavy atom. The summed E-state index contributed by atoms with van der Waals surface area (Å²) in [6, 6.07) is 16.9. The molecule has 6 heteroatoms. The molecule has 0 bridgehead atoms. The fraction of sp³-hybridized carbons (Fsp3) is 0.0526. The largest absolute Gasteiger partial charge is 0.366 e. The van der Waals surface area contributed by atoms with Gasteiger partial charge in [0.1, 0.15) is 11.6 Å². The molecule has 4 nitrogen and oxygen atoms in total. The topological polar surface area (TPSA) is 68.0 Å². The summed E-state index contributed by atoms with van der Waals surface area (Å²) in [6.45, 7) is 0. The van der Waals surface area contributed by atoms with E-state index in [2.05, 4.69) is 10.3 Å². The van der Waals surface area contributed by atoms with Crippen molar-refractivity contribution in [3.05, 3.63) is 94.4 Å². The molecule has 0 saturated carbocycles. The average molecular weight is 356 g/mol. The molecule has 0 aliphatic rings. The van der Waals surface area contributed by atoms with Crippen LogP contribution in [-0.2, 0) is 0 Å². The monoisotopic (exact) mass is 355 g/mol. The van der Waals surface area contributed by atoms with E-state index in [1.165, 1.54) is 24.4 Å².